The molecule has 21 rings (SSSR count). The average molecular weight is 1430 g/mol. The molecule has 3 aromatic heterocycles. The van der Waals surface area contributed by atoms with Crippen molar-refractivity contribution in [2.45, 2.75) is 324 Å². The molecule has 572 valence electrons. The molecule has 6 saturated carbocycles. The number of H-pyrrole nitrogens is 3. The summed E-state index contributed by atoms with van der Waals surface area (Å²) >= 11 is 0. The van der Waals surface area contributed by atoms with E-state index in [0.717, 1.165) is 129 Å². The van der Waals surface area contributed by atoms with Gasteiger partial charge in [-0.25, -0.2) is 0 Å². The van der Waals surface area contributed by atoms with E-state index in [1.165, 1.54) is 164 Å². The minimum absolute atomic E-state index is 0.0787. The van der Waals surface area contributed by atoms with Crippen molar-refractivity contribution in [1.82, 2.24) is 40.5 Å². The van der Waals surface area contributed by atoms with Gasteiger partial charge in [0, 0.05) is 74.5 Å². The zero-order valence-electron chi connectivity index (χ0n) is 67.2. The molecule has 4 N–H and O–H groups in total. The second-order valence-electron chi connectivity index (χ2n) is 41.9. The topological polar surface area (TPSA) is 153 Å². The molecule has 12 fully saturated rings. The maximum Gasteiger partial charge on any atom is 0.219 e. The molecule has 13 nitrogen and oxygen atoms in total. The van der Waals surface area contributed by atoms with E-state index in [2.05, 4.69) is 148 Å². The van der Waals surface area contributed by atoms with E-state index < -0.39 is 0 Å². The van der Waals surface area contributed by atoms with Crippen LogP contribution < -0.4 is 5.32 Å². The molecule has 2 amide bonds. The summed E-state index contributed by atoms with van der Waals surface area (Å²) in [6.45, 7) is 36.0. The van der Waals surface area contributed by atoms with Crippen LogP contribution in [0.4, 0.5) is 0 Å². The number of carbonyl (C=O) groups is 2. The molecule has 13 heteroatoms. The molecule has 0 bridgehead atoms. The molecule has 18 aliphatic rings. The first-order chi connectivity index (χ1) is 50.3. The van der Waals surface area contributed by atoms with Crippen LogP contribution >= 0.6 is 0 Å². The molecule has 9 heterocycles. The predicted octanol–water partition coefficient (Wildman–Crippen LogP) is 17.5. The zero-order valence-corrected chi connectivity index (χ0v) is 67.2. The third-order valence-corrected chi connectivity index (χ3v) is 36.8. The van der Waals surface area contributed by atoms with Crippen LogP contribution in [0.5, 0.6) is 0 Å². The lowest BCUT2D eigenvalue weighted by Crippen LogP contribution is -2.53. The molecular weight excluding hydrogens is 1300 g/mol. The maximum absolute atomic E-state index is 12.6. The van der Waals surface area contributed by atoms with Crippen molar-refractivity contribution < 1.29 is 23.8 Å². The van der Waals surface area contributed by atoms with Gasteiger partial charge in [-0.2, -0.15) is 10.2 Å². The normalized spacial score (nSPS) is 48.7. The summed E-state index contributed by atoms with van der Waals surface area (Å²) in [4.78, 5) is 33.0. The Labute approximate surface area is 630 Å². The number of nitrogens with zero attached hydrogens (tertiary/aromatic N) is 4. The summed E-state index contributed by atoms with van der Waals surface area (Å²) in [7, 11) is 0. The lowest BCUT2D eigenvalue weighted by molar-refractivity contribution is -0.138. The van der Waals surface area contributed by atoms with Gasteiger partial charge in [0.1, 0.15) is 0 Å². The van der Waals surface area contributed by atoms with E-state index >= 15 is 0 Å². The molecule has 6 aliphatic heterocycles. The van der Waals surface area contributed by atoms with Gasteiger partial charge in [0.05, 0.1) is 59.6 Å². The summed E-state index contributed by atoms with van der Waals surface area (Å²) < 4.78 is 21.3. The number of nitrogens with one attached hydrogen (secondary N) is 4. The molecule has 0 radical (unpaired) electrons. The number of carbonyl (C=O) groups excluding carboxylic acids is 2. The Bertz CT molecular complexity index is 3810. The molecule has 30 atom stereocenters. The second-order valence-corrected chi connectivity index (χ2v) is 41.9. The number of amides is 2. The SMILES string of the molecule is CC(=O)N1C[C@@H](C)C[C@H]2O[C@]3(CC[C@@H]4C(=C(C)C3)C[C@H]3[C@H]4CC[C@@H]4Cc5[nH]ncc5C[C@@]43C)[C@H](C)[C@@H]21.CC(=O)N1C[C@@H](C)C[C@H]2O[C@]3(CC[C@@H]4C(=C(C)C3)C[C@H]3[C@H]4CC[C@@H]4Cc5[nH]ncc5C[C@@]43C)[C@H](C)[C@@H]21.CC1=C2C[C@H]3[C@@H](CC[C@@H]4Cc5c[nH]cc5C[C@@]43C)[C@@H]2CC[C@@]2(C1)O[C@@H]1C[C@H](C)CN[C@H]1[C@H]2C. The first kappa shape index (κ1) is 71.0. The highest BCUT2D eigenvalue weighted by Gasteiger charge is 2.65. The zero-order chi connectivity index (χ0) is 72.5. The van der Waals surface area contributed by atoms with Gasteiger partial charge < -0.3 is 34.3 Å². The van der Waals surface area contributed by atoms with Crippen molar-refractivity contribution in [3.63, 3.8) is 0 Å². The van der Waals surface area contributed by atoms with Crippen LogP contribution in [0, 0.1) is 123 Å². The summed E-state index contributed by atoms with van der Waals surface area (Å²) in [6.07, 6.45) is 43.7. The van der Waals surface area contributed by atoms with Crippen molar-refractivity contribution in [2.75, 3.05) is 19.6 Å². The molecule has 6 saturated heterocycles. The van der Waals surface area contributed by atoms with E-state index in [1.807, 2.05) is 5.57 Å². The first-order valence-electron chi connectivity index (χ1n) is 43.8. The standard InChI is InChI=1S/2C31H45N3O2.C30H44N2O/c2*1-17-10-28-29(34(16-17)20(4)35)19(3)31(36-28)9-8-23-24-7-6-22-11-27-21(15-32-33-27)14-30(22,5)26(24)12-25(23)18(2)13-31;1-17-9-27-28(32-14-17)19(3)30(33-27)8-7-23-24-6-5-22-10-20-15-31-16-21(20)13-29(22,4)26(24)11-25(23)18(2)12-30/h2*15,17,19,22-24,26,28-29H,6-14,16H2,1-5H3,(H,32,33);15-17,19,22-24,26-28,31-32H,5-14H2,1-4H3/t2*17-,19+,22+,23-,24-,26-,28+,29-,30-,31-;17-,19+,22+,23-,24-,26-,27+,28-,29-,30-/m000/s1. The number of aromatic amines is 3. The smallest absolute Gasteiger partial charge is 0.219 e. The Hall–Kier alpha value is -4.30. The Balaban J connectivity index is 0.000000108. The summed E-state index contributed by atoms with van der Waals surface area (Å²) in [5.74, 6) is 13.5. The van der Waals surface area contributed by atoms with Gasteiger partial charge in [-0.05, 0) is 328 Å². The van der Waals surface area contributed by atoms with Gasteiger partial charge in [0.25, 0.3) is 0 Å². The molecule has 0 unspecified atom stereocenters. The Morgan fingerprint density at radius 2 is 0.848 bits per heavy atom. The maximum atomic E-state index is 12.6. The van der Waals surface area contributed by atoms with E-state index in [4.69, 9.17) is 14.2 Å². The van der Waals surface area contributed by atoms with Crippen LogP contribution in [0.25, 0.3) is 0 Å². The predicted molar refractivity (Wildman–Crippen MR) is 413 cm³/mol. The summed E-state index contributed by atoms with van der Waals surface area (Å²) in [6, 6.07) is 1.07. The molecule has 12 aliphatic carbocycles. The molecular formula is C92H134N8O5. The van der Waals surface area contributed by atoms with Gasteiger partial charge in [0.2, 0.25) is 11.8 Å². The number of aromatic nitrogens is 5. The fourth-order valence-electron chi connectivity index (χ4n) is 31.4. The Kier molecular flexibility index (Phi) is 17.3. The van der Waals surface area contributed by atoms with Crippen LogP contribution in [0.1, 0.15) is 265 Å². The molecule has 0 aromatic carbocycles. The first-order valence-corrected chi connectivity index (χ1v) is 43.8. The van der Waals surface area contributed by atoms with E-state index in [0.29, 0.717) is 58.0 Å². The van der Waals surface area contributed by atoms with Crippen molar-refractivity contribution in [2.24, 2.45) is 123 Å². The van der Waals surface area contributed by atoms with Gasteiger partial charge in [-0.3, -0.25) is 19.8 Å². The fraction of sp³-hybridized carbons (Fsp3) is 0.804. The van der Waals surface area contributed by atoms with Crippen molar-refractivity contribution >= 4 is 11.8 Å². The molecule has 3 spiro atoms. The van der Waals surface area contributed by atoms with Crippen LogP contribution in [0.3, 0.4) is 0 Å². The Morgan fingerprint density at radius 1 is 0.457 bits per heavy atom. The lowest BCUT2D eigenvalue weighted by atomic mass is 9.52. The minimum Gasteiger partial charge on any atom is -0.369 e. The van der Waals surface area contributed by atoms with Crippen LogP contribution in [0.2, 0.25) is 0 Å². The molecule has 105 heavy (non-hydrogen) atoms. The van der Waals surface area contributed by atoms with Gasteiger partial charge in [-0.1, -0.05) is 95.8 Å². The number of likely N-dealkylation sites (tertiary alicyclic amines) is 2. The highest BCUT2D eigenvalue weighted by atomic mass is 16.5. The van der Waals surface area contributed by atoms with Crippen LogP contribution in [-0.4, -0.2) is 120 Å². The van der Waals surface area contributed by atoms with E-state index in [9.17, 15) is 9.59 Å². The number of rotatable bonds is 0. The minimum atomic E-state index is -0.0956. The molecule has 3 aromatic rings. The number of fused-ring (bicyclic) bond motifs is 21. The summed E-state index contributed by atoms with van der Waals surface area (Å²) in [5, 5.41) is 19.3. The largest absolute Gasteiger partial charge is 0.369 e. The van der Waals surface area contributed by atoms with Crippen molar-refractivity contribution in [1.29, 1.82) is 0 Å². The number of hydrogen-bond donors (Lipinski definition) is 4. The average Bonchev–Trinajstić information content (AvgIpc) is 1.60. The third-order valence-electron chi connectivity index (χ3n) is 36.8. The number of ether oxygens (including phenoxy) is 3. The van der Waals surface area contributed by atoms with Gasteiger partial charge in [-0.15, -0.1) is 0 Å². The quantitative estimate of drug-likeness (QED) is 0.162. The monoisotopic (exact) mass is 1430 g/mol. The number of piperidine rings is 3. The number of hydrogen-bond acceptors (Lipinski definition) is 8. The van der Waals surface area contributed by atoms with Crippen molar-refractivity contribution in [3.05, 3.63) is 91.9 Å². The fourth-order valence-corrected chi connectivity index (χ4v) is 31.4. The van der Waals surface area contributed by atoms with E-state index in [1.54, 1.807) is 52.8 Å². The van der Waals surface area contributed by atoms with Crippen LogP contribution in [0.15, 0.2) is 58.2 Å². The highest BCUT2D eigenvalue weighted by Crippen LogP contribution is 2.69. The lowest BCUT2D eigenvalue weighted by Gasteiger charge is -2.52. The van der Waals surface area contributed by atoms with Gasteiger partial charge >= 0.3 is 0 Å². The van der Waals surface area contributed by atoms with Crippen LogP contribution in [-0.2, 0) is 62.3 Å². The third kappa shape index (κ3) is 11.0. The Morgan fingerprint density at radius 3 is 1.29 bits per heavy atom. The second kappa shape index (κ2) is 25.6. The van der Waals surface area contributed by atoms with Crippen molar-refractivity contribution in [3.8, 4) is 0 Å². The summed E-state index contributed by atoms with van der Waals surface area (Å²) in [5.41, 5.74) is 20.6. The van der Waals surface area contributed by atoms with Gasteiger partial charge in [0.15, 0.2) is 0 Å². The highest BCUT2D eigenvalue weighted by molar-refractivity contribution is 5.74. The van der Waals surface area contributed by atoms with E-state index in [-0.39, 0.29) is 52.9 Å². The number of allylic oxidation sites excluding steroid dienone is 3.